The molecule has 2 atom stereocenters. The predicted molar refractivity (Wildman–Crippen MR) is 73.8 cm³/mol. The fraction of sp³-hybridized carbons (Fsp3) is 0.500. The molecule has 1 aliphatic heterocycles. The van der Waals surface area contributed by atoms with Gasteiger partial charge in [0.15, 0.2) is 0 Å². The van der Waals surface area contributed by atoms with E-state index in [-0.39, 0.29) is 34.2 Å². The van der Waals surface area contributed by atoms with E-state index in [1.807, 2.05) is 0 Å². The second-order valence-corrected chi connectivity index (χ2v) is 6.33. The Labute approximate surface area is 120 Å². The molecule has 1 saturated heterocycles. The second kappa shape index (κ2) is 4.70. The zero-order chi connectivity index (χ0) is 14.4. The summed E-state index contributed by atoms with van der Waals surface area (Å²) in [6, 6.07) is 1.54. The molecule has 2 unspecified atom stereocenters. The van der Waals surface area contributed by atoms with Crippen LogP contribution in [-0.2, 0) is 9.59 Å². The molecule has 0 bridgehead atoms. The SMILES string of the molecule is CCC1CC2C(=O)N(c3ccsc3C(=O)O)C(=O)C2C1. The number of carbonyl (C=O) groups is 3. The number of carbonyl (C=O) groups excluding carboxylic acids is 2. The van der Waals surface area contributed by atoms with Crippen molar-refractivity contribution in [2.45, 2.75) is 26.2 Å². The summed E-state index contributed by atoms with van der Waals surface area (Å²) in [5, 5.41) is 10.7. The Morgan fingerprint density at radius 1 is 1.35 bits per heavy atom. The minimum absolute atomic E-state index is 0.0544. The first-order valence-electron chi connectivity index (χ1n) is 6.73. The van der Waals surface area contributed by atoms with Crippen LogP contribution < -0.4 is 4.90 Å². The molecule has 1 saturated carbocycles. The summed E-state index contributed by atoms with van der Waals surface area (Å²) in [5.74, 6) is -1.63. The van der Waals surface area contributed by atoms with Crippen molar-refractivity contribution >= 4 is 34.8 Å². The number of aromatic carboxylic acids is 1. The number of hydrogen-bond donors (Lipinski definition) is 1. The maximum absolute atomic E-state index is 12.4. The normalized spacial score (nSPS) is 29.1. The van der Waals surface area contributed by atoms with Gasteiger partial charge in [0, 0.05) is 0 Å². The largest absolute Gasteiger partial charge is 0.477 e. The summed E-state index contributed by atoms with van der Waals surface area (Å²) in [4.78, 5) is 37.2. The van der Waals surface area contributed by atoms with Crippen LogP contribution in [0.15, 0.2) is 11.4 Å². The van der Waals surface area contributed by atoms with Crippen LogP contribution in [-0.4, -0.2) is 22.9 Å². The van der Waals surface area contributed by atoms with Crippen LogP contribution in [0.25, 0.3) is 0 Å². The van der Waals surface area contributed by atoms with Gasteiger partial charge in [-0.3, -0.25) is 9.59 Å². The number of anilines is 1. The molecular weight excluding hydrogens is 278 g/mol. The van der Waals surface area contributed by atoms with Crippen molar-refractivity contribution in [3.63, 3.8) is 0 Å². The molecule has 106 valence electrons. The van der Waals surface area contributed by atoms with Crippen LogP contribution in [0, 0.1) is 17.8 Å². The van der Waals surface area contributed by atoms with Gasteiger partial charge < -0.3 is 5.11 Å². The molecule has 0 radical (unpaired) electrons. The molecule has 1 aromatic heterocycles. The van der Waals surface area contributed by atoms with Gasteiger partial charge in [0.1, 0.15) is 4.88 Å². The van der Waals surface area contributed by atoms with E-state index in [0.29, 0.717) is 5.92 Å². The smallest absolute Gasteiger partial charge is 0.348 e. The first-order valence-corrected chi connectivity index (χ1v) is 7.61. The van der Waals surface area contributed by atoms with Gasteiger partial charge in [-0.15, -0.1) is 11.3 Å². The Morgan fingerprint density at radius 3 is 2.45 bits per heavy atom. The van der Waals surface area contributed by atoms with Crippen molar-refractivity contribution in [2.24, 2.45) is 17.8 Å². The third-order valence-electron chi connectivity index (χ3n) is 4.39. The monoisotopic (exact) mass is 293 g/mol. The number of fused-ring (bicyclic) bond motifs is 1. The highest BCUT2D eigenvalue weighted by molar-refractivity contribution is 7.12. The van der Waals surface area contributed by atoms with E-state index in [9.17, 15) is 14.4 Å². The van der Waals surface area contributed by atoms with Crippen LogP contribution in [0.2, 0.25) is 0 Å². The summed E-state index contributed by atoms with van der Waals surface area (Å²) < 4.78 is 0. The van der Waals surface area contributed by atoms with E-state index in [0.717, 1.165) is 35.5 Å². The number of thiophene rings is 1. The molecule has 1 aliphatic carbocycles. The van der Waals surface area contributed by atoms with Gasteiger partial charge in [0.2, 0.25) is 11.8 Å². The fourth-order valence-corrected chi connectivity index (χ4v) is 4.05. The minimum Gasteiger partial charge on any atom is -0.477 e. The Hall–Kier alpha value is -1.69. The number of imide groups is 1. The van der Waals surface area contributed by atoms with Crippen LogP contribution in [0.4, 0.5) is 5.69 Å². The summed E-state index contributed by atoms with van der Waals surface area (Å²) in [6.07, 6.45) is 2.47. The zero-order valence-electron chi connectivity index (χ0n) is 11.0. The number of amides is 2. The molecule has 6 heteroatoms. The lowest BCUT2D eigenvalue weighted by Gasteiger charge is -2.17. The van der Waals surface area contributed by atoms with Gasteiger partial charge in [-0.2, -0.15) is 0 Å². The molecule has 1 N–H and O–H groups in total. The Bertz CT molecular complexity index is 570. The molecule has 0 aromatic carbocycles. The number of hydrogen-bond acceptors (Lipinski definition) is 4. The lowest BCUT2D eigenvalue weighted by atomic mass is 10.00. The molecule has 1 aromatic rings. The molecule has 5 nitrogen and oxygen atoms in total. The molecule has 3 rings (SSSR count). The highest BCUT2D eigenvalue weighted by Gasteiger charge is 2.53. The first kappa shape index (κ1) is 13.3. The second-order valence-electron chi connectivity index (χ2n) is 5.41. The lowest BCUT2D eigenvalue weighted by molar-refractivity contribution is -0.123. The topological polar surface area (TPSA) is 74.7 Å². The molecule has 2 aliphatic rings. The Morgan fingerprint density at radius 2 is 1.95 bits per heavy atom. The van der Waals surface area contributed by atoms with E-state index in [1.54, 1.807) is 11.4 Å². The summed E-state index contributed by atoms with van der Waals surface area (Å²) >= 11 is 1.04. The summed E-state index contributed by atoms with van der Waals surface area (Å²) in [6.45, 7) is 2.07. The van der Waals surface area contributed by atoms with Crippen LogP contribution >= 0.6 is 11.3 Å². The number of nitrogens with zero attached hydrogens (tertiary/aromatic N) is 1. The van der Waals surface area contributed by atoms with Crippen molar-refractivity contribution in [1.29, 1.82) is 0 Å². The molecule has 2 fully saturated rings. The van der Waals surface area contributed by atoms with E-state index in [4.69, 9.17) is 5.11 Å². The van der Waals surface area contributed by atoms with E-state index in [1.165, 1.54) is 0 Å². The molecule has 20 heavy (non-hydrogen) atoms. The van der Waals surface area contributed by atoms with Gasteiger partial charge in [0.05, 0.1) is 17.5 Å². The van der Waals surface area contributed by atoms with E-state index >= 15 is 0 Å². The average Bonchev–Trinajstić information content (AvgIpc) is 3.08. The Kier molecular flexibility index (Phi) is 3.12. The maximum atomic E-state index is 12.4. The quantitative estimate of drug-likeness (QED) is 0.868. The lowest BCUT2D eigenvalue weighted by Crippen LogP contribution is -2.32. The highest BCUT2D eigenvalue weighted by atomic mass is 32.1. The standard InChI is InChI=1S/C14H15NO4S/c1-2-7-5-8-9(6-7)13(17)15(12(8)16)10-3-4-20-11(10)14(18)19/h3-4,7-9H,2,5-6H2,1H3,(H,18,19). The molecular formula is C14H15NO4S. The maximum Gasteiger partial charge on any atom is 0.348 e. The molecule has 2 heterocycles. The predicted octanol–water partition coefficient (Wildman–Crippen LogP) is 2.37. The van der Waals surface area contributed by atoms with Crippen LogP contribution in [0.5, 0.6) is 0 Å². The summed E-state index contributed by atoms with van der Waals surface area (Å²) in [7, 11) is 0. The fourth-order valence-electron chi connectivity index (χ4n) is 3.34. The average molecular weight is 293 g/mol. The van der Waals surface area contributed by atoms with E-state index < -0.39 is 5.97 Å². The van der Waals surface area contributed by atoms with E-state index in [2.05, 4.69) is 6.92 Å². The van der Waals surface area contributed by atoms with Crippen molar-refractivity contribution in [3.05, 3.63) is 16.3 Å². The van der Waals surface area contributed by atoms with Gasteiger partial charge >= 0.3 is 5.97 Å². The van der Waals surface area contributed by atoms with Crippen LogP contribution in [0.1, 0.15) is 35.9 Å². The van der Waals surface area contributed by atoms with Crippen molar-refractivity contribution < 1.29 is 19.5 Å². The van der Waals surface area contributed by atoms with Crippen molar-refractivity contribution in [3.8, 4) is 0 Å². The first-order chi connectivity index (χ1) is 9.54. The number of rotatable bonds is 3. The van der Waals surface area contributed by atoms with Crippen molar-refractivity contribution in [1.82, 2.24) is 0 Å². The van der Waals surface area contributed by atoms with Gasteiger partial charge in [-0.05, 0) is 30.2 Å². The van der Waals surface area contributed by atoms with Crippen LogP contribution in [0.3, 0.4) is 0 Å². The molecule has 2 amide bonds. The highest BCUT2D eigenvalue weighted by Crippen LogP contribution is 2.46. The summed E-state index contributed by atoms with van der Waals surface area (Å²) in [5.41, 5.74) is 0.236. The molecule has 0 spiro atoms. The third-order valence-corrected chi connectivity index (χ3v) is 5.28. The van der Waals surface area contributed by atoms with Gasteiger partial charge in [0.25, 0.3) is 0 Å². The number of carboxylic acid groups (broad SMARTS) is 1. The van der Waals surface area contributed by atoms with Gasteiger partial charge in [-0.1, -0.05) is 13.3 Å². The Balaban J connectivity index is 1.94. The third kappa shape index (κ3) is 1.78. The van der Waals surface area contributed by atoms with Crippen molar-refractivity contribution in [2.75, 3.05) is 4.90 Å². The minimum atomic E-state index is -1.10. The van der Waals surface area contributed by atoms with Gasteiger partial charge in [-0.25, -0.2) is 9.69 Å². The number of carboxylic acids is 1. The zero-order valence-corrected chi connectivity index (χ0v) is 11.9.